The van der Waals surface area contributed by atoms with Gasteiger partial charge in [0.25, 0.3) is 0 Å². The van der Waals surface area contributed by atoms with E-state index in [9.17, 15) is 0 Å². The van der Waals surface area contributed by atoms with Gasteiger partial charge in [0.05, 0.1) is 47.2 Å². The molecule has 0 amide bonds. The maximum absolute atomic E-state index is 6.28. The van der Waals surface area contributed by atoms with Crippen molar-refractivity contribution >= 4 is 21.6 Å². The van der Waals surface area contributed by atoms with Crippen LogP contribution in [0.25, 0.3) is 0 Å². The molecule has 6 nitrogen and oxygen atoms in total. The number of nitrogens with zero attached hydrogens (tertiary/aromatic N) is 1. The Bertz CT molecular complexity index is 1260. The summed E-state index contributed by atoms with van der Waals surface area (Å²) in [6.45, 7) is 2.32. The van der Waals surface area contributed by atoms with E-state index < -0.39 is 0 Å². The average molecular weight is 555 g/mol. The van der Waals surface area contributed by atoms with Crippen LogP contribution < -0.4 is 28.2 Å². The van der Waals surface area contributed by atoms with E-state index in [1.54, 1.807) is 28.4 Å². The molecule has 5 rings (SSSR count). The van der Waals surface area contributed by atoms with Crippen LogP contribution in [0.1, 0.15) is 28.3 Å². The minimum absolute atomic E-state index is 0.188. The fourth-order valence-electron chi connectivity index (χ4n) is 6.04. The molecule has 3 aromatic carbocycles. The van der Waals surface area contributed by atoms with Crippen LogP contribution in [0.2, 0.25) is 0 Å². The van der Waals surface area contributed by atoms with Crippen molar-refractivity contribution in [3.63, 3.8) is 0 Å². The molecule has 2 unspecified atom stereocenters. The molecule has 0 saturated carbocycles. The molecule has 7 heteroatoms. The van der Waals surface area contributed by atoms with Crippen molar-refractivity contribution in [1.29, 1.82) is 0 Å². The largest absolute Gasteiger partial charge is 0.493 e. The number of hydrogen-bond donors (Lipinski definition) is 0. The van der Waals surface area contributed by atoms with Gasteiger partial charge in [-0.15, -0.1) is 0 Å². The van der Waals surface area contributed by atoms with Crippen molar-refractivity contribution < 1.29 is 23.7 Å². The molecule has 0 spiro atoms. The summed E-state index contributed by atoms with van der Waals surface area (Å²) in [6, 6.07) is 17.2. The van der Waals surface area contributed by atoms with Crippen LogP contribution in [-0.4, -0.2) is 46.9 Å². The fourth-order valence-corrected chi connectivity index (χ4v) is 6.20. The summed E-state index contributed by atoms with van der Waals surface area (Å²) < 4.78 is 30.0. The first kappa shape index (κ1) is 24.8. The molecule has 2 aliphatic heterocycles. The van der Waals surface area contributed by atoms with Crippen LogP contribution >= 0.6 is 15.9 Å². The summed E-state index contributed by atoms with van der Waals surface area (Å²) in [5.74, 6) is 4.05. The molecule has 0 fully saturated rings. The smallest absolute Gasteiger partial charge is 0.180 e. The number of methoxy groups -OCH3 is 4. The molecular weight excluding hydrogens is 522 g/mol. The molecule has 2 atom stereocenters. The summed E-state index contributed by atoms with van der Waals surface area (Å²) in [6.07, 6.45) is 1.78. The Morgan fingerprint density at radius 3 is 2.31 bits per heavy atom. The molecular formula is C29H33BrNO5+. The molecule has 0 aromatic heterocycles. The molecule has 190 valence electrons. The Morgan fingerprint density at radius 1 is 0.833 bits per heavy atom. The highest BCUT2D eigenvalue weighted by molar-refractivity contribution is 9.09. The van der Waals surface area contributed by atoms with E-state index in [0.717, 1.165) is 64.5 Å². The van der Waals surface area contributed by atoms with Gasteiger partial charge in [0.1, 0.15) is 12.6 Å². The van der Waals surface area contributed by atoms with Gasteiger partial charge in [-0.3, -0.25) is 4.48 Å². The van der Waals surface area contributed by atoms with Crippen LogP contribution in [0.5, 0.6) is 28.7 Å². The van der Waals surface area contributed by atoms with Crippen molar-refractivity contribution in [2.24, 2.45) is 0 Å². The third-order valence-corrected chi connectivity index (χ3v) is 7.98. The van der Waals surface area contributed by atoms with Gasteiger partial charge in [0, 0.05) is 29.8 Å². The second-order valence-electron chi connectivity index (χ2n) is 9.24. The first-order chi connectivity index (χ1) is 17.6. The lowest BCUT2D eigenvalue weighted by molar-refractivity contribution is 0.154. The van der Waals surface area contributed by atoms with E-state index in [1.807, 2.05) is 12.1 Å². The van der Waals surface area contributed by atoms with Crippen molar-refractivity contribution in [3.8, 4) is 28.7 Å². The van der Waals surface area contributed by atoms with Gasteiger partial charge in [0.2, 0.25) is 0 Å². The molecule has 0 bridgehead atoms. The first-order valence-corrected chi connectivity index (χ1v) is 13.3. The number of hydrogen-bond acceptors (Lipinski definition) is 5. The third kappa shape index (κ3) is 3.98. The van der Waals surface area contributed by atoms with Crippen molar-refractivity contribution in [2.45, 2.75) is 25.4 Å². The highest BCUT2D eigenvalue weighted by atomic mass is 79.9. The van der Waals surface area contributed by atoms with Crippen LogP contribution in [0.4, 0.5) is 5.69 Å². The average Bonchev–Trinajstić information content (AvgIpc) is 2.93. The summed E-state index contributed by atoms with van der Waals surface area (Å²) in [4.78, 5) is 0. The van der Waals surface area contributed by atoms with E-state index >= 15 is 0 Å². The number of halogens is 1. The standard InChI is InChI=1S/C29H33BrNO5/c1-32-26-10-9-19-15-24-21-17-28(34-3)27(33-2)16-20(21)11-13-31(24,18-22(19)29(26)35-4)23-7-5-6-8-25(23)36-14-12-30/h5-10,16-17,24H,11-15,18H2,1-4H3/q+1. The number of rotatable bonds is 8. The summed E-state index contributed by atoms with van der Waals surface area (Å²) >= 11 is 3.52. The highest BCUT2D eigenvalue weighted by Gasteiger charge is 2.50. The number of alkyl halides is 1. The second kappa shape index (κ2) is 10.2. The molecule has 0 N–H and O–H groups in total. The fraction of sp³-hybridized carbons (Fsp3) is 0.379. The Kier molecular flexibility index (Phi) is 7.04. The molecule has 0 radical (unpaired) electrons. The summed E-state index contributed by atoms with van der Waals surface area (Å²) in [5, 5.41) is 0.776. The Morgan fingerprint density at radius 2 is 1.58 bits per heavy atom. The molecule has 2 heterocycles. The zero-order valence-electron chi connectivity index (χ0n) is 21.3. The zero-order valence-corrected chi connectivity index (χ0v) is 22.9. The quantitative estimate of drug-likeness (QED) is 0.258. The van der Waals surface area contributed by atoms with Gasteiger partial charge >= 0.3 is 0 Å². The van der Waals surface area contributed by atoms with E-state index in [4.69, 9.17) is 23.7 Å². The van der Waals surface area contributed by atoms with Crippen LogP contribution in [0.15, 0.2) is 48.5 Å². The van der Waals surface area contributed by atoms with Crippen LogP contribution in [0, 0.1) is 0 Å². The van der Waals surface area contributed by atoms with Gasteiger partial charge in [-0.1, -0.05) is 34.1 Å². The van der Waals surface area contributed by atoms with Gasteiger partial charge in [-0.2, -0.15) is 0 Å². The van der Waals surface area contributed by atoms with E-state index in [1.165, 1.54) is 27.9 Å². The third-order valence-electron chi connectivity index (χ3n) is 7.66. The van der Waals surface area contributed by atoms with E-state index in [2.05, 4.69) is 52.3 Å². The monoisotopic (exact) mass is 554 g/mol. The van der Waals surface area contributed by atoms with Gasteiger partial charge in [-0.05, 0) is 35.4 Å². The Hall–Kier alpha value is -2.90. The van der Waals surface area contributed by atoms with Crippen molar-refractivity contribution in [1.82, 2.24) is 4.48 Å². The molecule has 3 aromatic rings. The maximum atomic E-state index is 6.28. The lowest BCUT2D eigenvalue weighted by Crippen LogP contribution is -2.58. The zero-order chi connectivity index (χ0) is 25.3. The van der Waals surface area contributed by atoms with Crippen LogP contribution in [0.3, 0.4) is 0 Å². The Labute approximate surface area is 221 Å². The molecule has 2 aliphatic rings. The van der Waals surface area contributed by atoms with E-state index in [-0.39, 0.29) is 6.04 Å². The number of fused-ring (bicyclic) bond motifs is 4. The number of quaternary nitrogens is 1. The second-order valence-corrected chi connectivity index (χ2v) is 10.0. The SMILES string of the molecule is COc1cc2c(cc1OC)C1Cc3ccc(OC)c(OC)c3C[N+]1(c1ccccc1OCCBr)CC2. The van der Waals surface area contributed by atoms with Crippen LogP contribution in [-0.2, 0) is 19.4 Å². The van der Waals surface area contributed by atoms with Gasteiger partial charge in [0.15, 0.2) is 34.4 Å². The Balaban J connectivity index is 1.75. The number of benzene rings is 3. The van der Waals surface area contributed by atoms with Crippen molar-refractivity contribution in [3.05, 3.63) is 70.8 Å². The number of para-hydroxylation sites is 2. The lowest BCUT2D eigenvalue weighted by Gasteiger charge is -2.51. The number of ether oxygens (including phenoxy) is 5. The molecule has 0 aliphatic carbocycles. The minimum Gasteiger partial charge on any atom is -0.493 e. The van der Waals surface area contributed by atoms with E-state index in [0.29, 0.717) is 6.61 Å². The van der Waals surface area contributed by atoms with Gasteiger partial charge < -0.3 is 23.7 Å². The van der Waals surface area contributed by atoms with Crippen molar-refractivity contribution in [2.75, 3.05) is 46.9 Å². The molecule has 0 saturated heterocycles. The van der Waals surface area contributed by atoms with Gasteiger partial charge in [-0.25, -0.2) is 0 Å². The first-order valence-electron chi connectivity index (χ1n) is 12.2. The highest BCUT2D eigenvalue weighted by Crippen LogP contribution is 2.53. The summed E-state index contributed by atoms with van der Waals surface area (Å²) in [7, 11) is 6.82. The predicted molar refractivity (Wildman–Crippen MR) is 145 cm³/mol. The maximum Gasteiger partial charge on any atom is 0.180 e. The minimum atomic E-state index is 0.188. The molecule has 36 heavy (non-hydrogen) atoms. The topological polar surface area (TPSA) is 46.2 Å². The lowest BCUT2D eigenvalue weighted by atomic mass is 9.80. The summed E-state index contributed by atoms with van der Waals surface area (Å²) in [5.41, 5.74) is 6.29. The predicted octanol–water partition coefficient (Wildman–Crippen LogP) is 5.86. The normalized spacial score (nSPS) is 20.0.